The molecular formula is C23H23N5O. The molecule has 1 amide bonds. The van der Waals surface area contributed by atoms with Crippen molar-refractivity contribution in [2.45, 2.75) is 19.9 Å². The summed E-state index contributed by atoms with van der Waals surface area (Å²) < 4.78 is 2.17. The molecule has 0 aliphatic carbocycles. The molecule has 0 radical (unpaired) electrons. The van der Waals surface area contributed by atoms with Crippen LogP contribution in [0.5, 0.6) is 0 Å². The molecule has 0 spiro atoms. The number of nitrogen functional groups attached to an aromatic ring is 1. The Morgan fingerprint density at radius 2 is 1.72 bits per heavy atom. The minimum atomic E-state index is -0.201. The fraction of sp³-hybridized carbons (Fsp3) is 0.130. The molecule has 0 saturated carbocycles. The number of carbonyl (C=O) groups excluding carboxylic acids is 1. The largest absolute Gasteiger partial charge is 0.397 e. The first-order chi connectivity index (χ1) is 14.2. The van der Waals surface area contributed by atoms with Gasteiger partial charge in [-0.3, -0.25) is 4.79 Å². The number of hydrogen-bond acceptors (Lipinski definition) is 4. The van der Waals surface area contributed by atoms with Gasteiger partial charge in [-0.05, 0) is 55.0 Å². The van der Waals surface area contributed by atoms with Crippen molar-refractivity contribution in [2.75, 3.05) is 16.4 Å². The third-order valence-corrected chi connectivity index (χ3v) is 4.71. The van der Waals surface area contributed by atoms with Crippen LogP contribution in [0.3, 0.4) is 0 Å². The third-order valence-electron chi connectivity index (χ3n) is 4.71. The molecule has 0 bridgehead atoms. The van der Waals surface area contributed by atoms with E-state index in [9.17, 15) is 4.79 Å². The number of hydrogen-bond donors (Lipinski definition) is 3. The summed E-state index contributed by atoms with van der Waals surface area (Å²) in [5.41, 5.74) is 10.5. The number of fused-ring (bicyclic) bond motifs is 1. The summed E-state index contributed by atoms with van der Waals surface area (Å²) in [6.45, 7) is 3.02. The molecule has 0 fully saturated rings. The van der Waals surface area contributed by atoms with Gasteiger partial charge >= 0.3 is 0 Å². The molecule has 0 aliphatic rings. The molecular weight excluding hydrogens is 362 g/mol. The van der Waals surface area contributed by atoms with E-state index in [0.29, 0.717) is 16.9 Å². The molecule has 0 unspecified atom stereocenters. The second-order valence-corrected chi connectivity index (χ2v) is 6.82. The average Bonchev–Trinajstić information content (AvgIpc) is 3.08. The number of anilines is 4. The Labute approximate surface area is 169 Å². The van der Waals surface area contributed by atoms with Gasteiger partial charge in [0.05, 0.1) is 22.4 Å². The van der Waals surface area contributed by atoms with Crippen LogP contribution in [0.2, 0.25) is 0 Å². The summed E-state index contributed by atoms with van der Waals surface area (Å²) in [5.74, 6) is 0.593. The first-order valence-corrected chi connectivity index (χ1v) is 9.64. The summed E-state index contributed by atoms with van der Waals surface area (Å²) in [7, 11) is 0. The van der Waals surface area contributed by atoms with Crippen LogP contribution >= 0.6 is 0 Å². The number of aryl methyl sites for hydroxylation is 1. The first kappa shape index (κ1) is 18.6. The SMILES string of the molecule is CCCn1c(Nc2ccc(C(=O)Nc3ccccc3N)cc2)nc2ccccc21. The highest BCUT2D eigenvalue weighted by Crippen LogP contribution is 2.24. The smallest absolute Gasteiger partial charge is 0.255 e. The van der Waals surface area contributed by atoms with Crippen LogP contribution in [-0.4, -0.2) is 15.5 Å². The van der Waals surface area contributed by atoms with E-state index >= 15 is 0 Å². The number of nitrogens with zero attached hydrogens (tertiary/aromatic N) is 2. The van der Waals surface area contributed by atoms with Crippen molar-refractivity contribution in [2.24, 2.45) is 0 Å². The van der Waals surface area contributed by atoms with E-state index in [4.69, 9.17) is 10.7 Å². The molecule has 4 N–H and O–H groups in total. The minimum Gasteiger partial charge on any atom is -0.397 e. The van der Waals surface area contributed by atoms with Crippen LogP contribution in [0.25, 0.3) is 11.0 Å². The van der Waals surface area contributed by atoms with Crippen molar-refractivity contribution in [1.29, 1.82) is 0 Å². The molecule has 1 aromatic heterocycles. The Kier molecular flexibility index (Phi) is 5.16. The molecule has 29 heavy (non-hydrogen) atoms. The lowest BCUT2D eigenvalue weighted by Gasteiger charge is -2.11. The van der Waals surface area contributed by atoms with Gasteiger partial charge in [0.15, 0.2) is 0 Å². The second kappa shape index (κ2) is 8.06. The van der Waals surface area contributed by atoms with Gasteiger partial charge in [0.2, 0.25) is 5.95 Å². The summed E-state index contributed by atoms with van der Waals surface area (Å²) in [5, 5.41) is 6.21. The quantitative estimate of drug-likeness (QED) is 0.407. The first-order valence-electron chi connectivity index (χ1n) is 9.64. The zero-order valence-electron chi connectivity index (χ0n) is 16.2. The number of benzene rings is 3. The topological polar surface area (TPSA) is 85.0 Å². The molecule has 4 rings (SSSR count). The number of carbonyl (C=O) groups is 1. The summed E-state index contributed by atoms with van der Waals surface area (Å²) in [6.07, 6.45) is 1.01. The van der Waals surface area contributed by atoms with Gasteiger partial charge in [-0.25, -0.2) is 4.98 Å². The zero-order chi connectivity index (χ0) is 20.2. The van der Waals surface area contributed by atoms with Gasteiger partial charge in [0, 0.05) is 17.8 Å². The van der Waals surface area contributed by atoms with Gasteiger partial charge in [0.1, 0.15) is 0 Å². The molecule has 0 aliphatic heterocycles. The highest BCUT2D eigenvalue weighted by molar-refractivity contribution is 6.05. The Hall–Kier alpha value is -3.80. The van der Waals surface area contributed by atoms with Crippen molar-refractivity contribution in [3.05, 3.63) is 78.4 Å². The molecule has 146 valence electrons. The monoisotopic (exact) mass is 385 g/mol. The number of nitrogens with one attached hydrogen (secondary N) is 2. The average molecular weight is 385 g/mol. The summed E-state index contributed by atoms with van der Waals surface area (Å²) >= 11 is 0. The van der Waals surface area contributed by atoms with E-state index in [1.54, 1.807) is 24.3 Å². The molecule has 6 nitrogen and oxygen atoms in total. The Bertz CT molecular complexity index is 1150. The van der Waals surface area contributed by atoms with Gasteiger partial charge in [-0.1, -0.05) is 31.2 Å². The summed E-state index contributed by atoms with van der Waals surface area (Å²) in [4.78, 5) is 17.2. The van der Waals surface area contributed by atoms with Crippen molar-refractivity contribution >= 4 is 40.0 Å². The van der Waals surface area contributed by atoms with Crippen molar-refractivity contribution < 1.29 is 4.79 Å². The molecule has 6 heteroatoms. The lowest BCUT2D eigenvalue weighted by atomic mass is 10.2. The van der Waals surface area contributed by atoms with Crippen LogP contribution in [0.4, 0.5) is 23.0 Å². The normalized spacial score (nSPS) is 10.8. The van der Waals surface area contributed by atoms with Crippen LogP contribution in [0.15, 0.2) is 72.8 Å². The second-order valence-electron chi connectivity index (χ2n) is 6.82. The minimum absolute atomic E-state index is 0.201. The number of rotatable bonds is 6. The molecule has 4 aromatic rings. The van der Waals surface area contributed by atoms with E-state index in [1.165, 1.54) is 0 Å². The maximum Gasteiger partial charge on any atom is 0.255 e. The number of imidazole rings is 1. The fourth-order valence-electron chi connectivity index (χ4n) is 3.26. The number of aromatic nitrogens is 2. The van der Waals surface area contributed by atoms with Crippen molar-refractivity contribution in [3.8, 4) is 0 Å². The zero-order valence-corrected chi connectivity index (χ0v) is 16.2. The Morgan fingerprint density at radius 3 is 2.48 bits per heavy atom. The Balaban J connectivity index is 1.53. The molecule has 0 saturated heterocycles. The highest BCUT2D eigenvalue weighted by atomic mass is 16.1. The lowest BCUT2D eigenvalue weighted by Crippen LogP contribution is -2.13. The van der Waals surface area contributed by atoms with Gasteiger partial charge in [-0.15, -0.1) is 0 Å². The van der Waals surface area contributed by atoms with Gasteiger partial charge in [0.25, 0.3) is 5.91 Å². The molecule has 3 aromatic carbocycles. The lowest BCUT2D eigenvalue weighted by molar-refractivity contribution is 0.102. The van der Waals surface area contributed by atoms with E-state index < -0.39 is 0 Å². The summed E-state index contributed by atoms with van der Waals surface area (Å²) in [6, 6.07) is 22.6. The molecule has 0 atom stereocenters. The van der Waals surface area contributed by atoms with Crippen LogP contribution in [-0.2, 0) is 6.54 Å². The van der Waals surface area contributed by atoms with Crippen LogP contribution in [0, 0.1) is 0 Å². The fourth-order valence-corrected chi connectivity index (χ4v) is 3.26. The van der Waals surface area contributed by atoms with Crippen LogP contribution in [0.1, 0.15) is 23.7 Å². The van der Waals surface area contributed by atoms with Gasteiger partial charge < -0.3 is 20.9 Å². The third kappa shape index (κ3) is 3.91. The predicted octanol–water partition coefficient (Wildman–Crippen LogP) is 5.02. The number of nitrogens with two attached hydrogens (primary N) is 1. The maximum absolute atomic E-state index is 12.5. The number of amides is 1. The van der Waals surface area contributed by atoms with Crippen molar-refractivity contribution in [1.82, 2.24) is 9.55 Å². The van der Waals surface area contributed by atoms with E-state index in [1.807, 2.05) is 42.5 Å². The number of para-hydroxylation sites is 4. The van der Waals surface area contributed by atoms with Crippen LogP contribution < -0.4 is 16.4 Å². The maximum atomic E-state index is 12.5. The standard InChI is InChI=1S/C23H23N5O/c1-2-15-28-21-10-6-5-9-20(21)27-23(28)25-17-13-11-16(12-14-17)22(29)26-19-8-4-3-7-18(19)24/h3-14H,2,15,24H2,1H3,(H,25,27)(H,26,29). The van der Waals surface area contributed by atoms with Gasteiger partial charge in [-0.2, -0.15) is 0 Å². The highest BCUT2D eigenvalue weighted by Gasteiger charge is 2.11. The molecule has 1 heterocycles. The van der Waals surface area contributed by atoms with E-state index in [0.717, 1.165) is 35.6 Å². The van der Waals surface area contributed by atoms with Crippen molar-refractivity contribution in [3.63, 3.8) is 0 Å². The Morgan fingerprint density at radius 1 is 1.00 bits per heavy atom. The predicted molar refractivity (Wildman–Crippen MR) is 119 cm³/mol. The van der Waals surface area contributed by atoms with E-state index in [-0.39, 0.29) is 5.91 Å². The van der Waals surface area contributed by atoms with E-state index in [2.05, 4.69) is 28.2 Å².